The van der Waals surface area contributed by atoms with Gasteiger partial charge in [-0.1, -0.05) is 33.1 Å². The third-order valence-electron chi connectivity index (χ3n) is 2.59. The number of hydrogen-bond acceptors (Lipinski definition) is 3. The summed E-state index contributed by atoms with van der Waals surface area (Å²) in [7, 11) is 0. The first kappa shape index (κ1) is 12.7. The van der Waals surface area contributed by atoms with E-state index in [1.807, 2.05) is 0 Å². The Morgan fingerprint density at radius 1 is 1.38 bits per heavy atom. The van der Waals surface area contributed by atoms with Gasteiger partial charge in [-0.05, 0) is 12.8 Å². The molecule has 90 valence electrons. The second-order valence-electron chi connectivity index (χ2n) is 4.04. The van der Waals surface area contributed by atoms with Gasteiger partial charge in [0.05, 0.1) is 0 Å². The van der Waals surface area contributed by atoms with E-state index in [1.54, 1.807) is 12.4 Å². The predicted molar refractivity (Wildman–Crippen MR) is 66.7 cm³/mol. The third kappa shape index (κ3) is 4.04. The number of aromatic nitrogens is 2. The normalized spacial score (nSPS) is 12.4. The topological polar surface area (TPSA) is 57.8 Å². The molecule has 0 aliphatic heterocycles. The molecule has 1 rings (SSSR count). The first-order chi connectivity index (χ1) is 7.77. The van der Waals surface area contributed by atoms with Gasteiger partial charge in [0.2, 0.25) is 0 Å². The molecular weight excluding hydrogens is 202 g/mol. The van der Waals surface area contributed by atoms with Crippen LogP contribution in [0.1, 0.15) is 46.0 Å². The average Bonchev–Trinajstić information content (AvgIpc) is 2.29. The van der Waals surface area contributed by atoms with Crippen molar-refractivity contribution in [1.82, 2.24) is 9.97 Å². The van der Waals surface area contributed by atoms with Crippen LogP contribution in [0.15, 0.2) is 17.2 Å². The Bertz CT molecular complexity index is 348. The quantitative estimate of drug-likeness (QED) is 0.746. The van der Waals surface area contributed by atoms with Crippen molar-refractivity contribution in [2.24, 2.45) is 0 Å². The van der Waals surface area contributed by atoms with Gasteiger partial charge in [-0.25, -0.2) is 4.98 Å². The summed E-state index contributed by atoms with van der Waals surface area (Å²) in [6.45, 7) is 4.33. The molecule has 0 aliphatic carbocycles. The monoisotopic (exact) mass is 223 g/mol. The van der Waals surface area contributed by atoms with Crippen molar-refractivity contribution >= 4 is 5.82 Å². The molecule has 0 aromatic carbocycles. The van der Waals surface area contributed by atoms with Crippen LogP contribution in [0.4, 0.5) is 5.82 Å². The lowest BCUT2D eigenvalue weighted by molar-refractivity contribution is 0.562. The number of hydrogen-bond donors (Lipinski definition) is 2. The highest BCUT2D eigenvalue weighted by Gasteiger charge is 2.09. The van der Waals surface area contributed by atoms with E-state index in [4.69, 9.17) is 0 Å². The maximum Gasteiger partial charge on any atom is 0.290 e. The number of nitrogens with zero attached hydrogens (tertiary/aromatic N) is 1. The molecule has 0 bridgehead atoms. The van der Waals surface area contributed by atoms with Gasteiger partial charge in [-0.3, -0.25) is 4.79 Å². The molecule has 0 fully saturated rings. The fourth-order valence-electron chi connectivity index (χ4n) is 1.74. The van der Waals surface area contributed by atoms with E-state index in [2.05, 4.69) is 29.1 Å². The third-order valence-corrected chi connectivity index (χ3v) is 2.59. The van der Waals surface area contributed by atoms with E-state index in [-0.39, 0.29) is 5.56 Å². The standard InChI is InChI=1S/C12H21N3O/c1-3-5-7-10(6-4-2)15-11-12(16)14-9-8-13-11/h8-10H,3-7H2,1-2H3,(H,13,15)(H,14,16). The molecule has 1 heterocycles. The molecule has 0 saturated carbocycles. The maximum atomic E-state index is 11.5. The van der Waals surface area contributed by atoms with Crippen LogP contribution in [0.2, 0.25) is 0 Å². The number of unbranched alkanes of at least 4 members (excludes halogenated alkanes) is 1. The molecule has 4 nitrogen and oxygen atoms in total. The minimum atomic E-state index is -0.139. The van der Waals surface area contributed by atoms with Gasteiger partial charge in [0.1, 0.15) is 0 Å². The van der Waals surface area contributed by atoms with E-state index in [9.17, 15) is 4.79 Å². The van der Waals surface area contributed by atoms with Gasteiger partial charge < -0.3 is 10.3 Å². The molecule has 1 unspecified atom stereocenters. The first-order valence-corrected chi connectivity index (χ1v) is 6.08. The zero-order valence-corrected chi connectivity index (χ0v) is 10.1. The van der Waals surface area contributed by atoms with Crippen LogP contribution in [0.5, 0.6) is 0 Å². The summed E-state index contributed by atoms with van der Waals surface area (Å²) in [5, 5.41) is 3.23. The second kappa shape index (κ2) is 7.04. The van der Waals surface area contributed by atoms with Crippen LogP contribution in [0.3, 0.4) is 0 Å². The van der Waals surface area contributed by atoms with E-state index < -0.39 is 0 Å². The lowest BCUT2D eigenvalue weighted by atomic mass is 10.1. The van der Waals surface area contributed by atoms with Crippen LogP contribution in [0, 0.1) is 0 Å². The Balaban J connectivity index is 2.60. The summed E-state index contributed by atoms with van der Waals surface area (Å²) < 4.78 is 0. The van der Waals surface area contributed by atoms with Crippen molar-refractivity contribution in [2.75, 3.05) is 5.32 Å². The summed E-state index contributed by atoms with van der Waals surface area (Å²) in [4.78, 5) is 18.1. The van der Waals surface area contributed by atoms with Crippen molar-refractivity contribution in [3.05, 3.63) is 22.7 Å². The molecule has 0 amide bonds. The smallest absolute Gasteiger partial charge is 0.290 e. The minimum Gasteiger partial charge on any atom is -0.363 e. The Labute approximate surface area is 96.5 Å². The molecule has 0 spiro atoms. The van der Waals surface area contributed by atoms with Crippen molar-refractivity contribution in [3.8, 4) is 0 Å². The van der Waals surface area contributed by atoms with Crippen LogP contribution in [-0.4, -0.2) is 16.0 Å². The van der Waals surface area contributed by atoms with Gasteiger partial charge in [0.25, 0.3) is 5.56 Å². The number of H-pyrrole nitrogens is 1. The highest BCUT2D eigenvalue weighted by molar-refractivity contribution is 5.31. The fourth-order valence-corrected chi connectivity index (χ4v) is 1.74. The van der Waals surface area contributed by atoms with Crippen molar-refractivity contribution in [3.63, 3.8) is 0 Å². The molecule has 0 radical (unpaired) electrons. The number of nitrogens with one attached hydrogen (secondary N) is 2. The van der Waals surface area contributed by atoms with Crippen molar-refractivity contribution < 1.29 is 0 Å². The summed E-state index contributed by atoms with van der Waals surface area (Å²) in [5.41, 5.74) is -0.139. The van der Waals surface area contributed by atoms with Crippen LogP contribution in [-0.2, 0) is 0 Å². The molecule has 16 heavy (non-hydrogen) atoms. The number of aromatic amines is 1. The van der Waals surface area contributed by atoms with Gasteiger partial charge in [0.15, 0.2) is 5.82 Å². The second-order valence-corrected chi connectivity index (χ2v) is 4.04. The molecule has 1 aromatic rings. The molecular formula is C12H21N3O. The van der Waals surface area contributed by atoms with E-state index in [0.29, 0.717) is 11.9 Å². The van der Waals surface area contributed by atoms with Gasteiger partial charge >= 0.3 is 0 Å². The molecule has 2 N–H and O–H groups in total. The average molecular weight is 223 g/mol. The molecule has 0 saturated heterocycles. The number of rotatable bonds is 7. The largest absolute Gasteiger partial charge is 0.363 e. The summed E-state index contributed by atoms with van der Waals surface area (Å²) >= 11 is 0. The molecule has 1 aromatic heterocycles. The lowest BCUT2D eigenvalue weighted by Crippen LogP contribution is -2.25. The Morgan fingerprint density at radius 2 is 2.19 bits per heavy atom. The van der Waals surface area contributed by atoms with Gasteiger partial charge in [-0.2, -0.15) is 0 Å². The highest BCUT2D eigenvalue weighted by atomic mass is 16.1. The minimum absolute atomic E-state index is 0.139. The Kier molecular flexibility index (Phi) is 5.61. The first-order valence-electron chi connectivity index (χ1n) is 6.08. The Hall–Kier alpha value is -1.32. The highest BCUT2D eigenvalue weighted by Crippen LogP contribution is 2.10. The van der Waals surface area contributed by atoms with E-state index >= 15 is 0 Å². The summed E-state index contributed by atoms with van der Waals surface area (Å²) in [5.74, 6) is 0.442. The molecule has 1 atom stereocenters. The van der Waals surface area contributed by atoms with Crippen LogP contribution in [0.25, 0.3) is 0 Å². The maximum absolute atomic E-state index is 11.5. The van der Waals surface area contributed by atoms with Gasteiger partial charge in [0, 0.05) is 18.4 Å². The van der Waals surface area contributed by atoms with Crippen molar-refractivity contribution in [2.45, 2.75) is 52.0 Å². The lowest BCUT2D eigenvalue weighted by Gasteiger charge is -2.17. The molecule has 0 aliphatic rings. The van der Waals surface area contributed by atoms with Crippen LogP contribution < -0.4 is 10.9 Å². The van der Waals surface area contributed by atoms with Crippen LogP contribution >= 0.6 is 0 Å². The SMILES string of the molecule is CCCCC(CCC)Nc1ncc[nH]c1=O. The van der Waals surface area contributed by atoms with E-state index in [1.165, 1.54) is 12.8 Å². The van der Waals surface area contributed by atoms with Crippen molar-refractivity contribution in [1.29, 1.82) is 0 Å². The van der Waals surface area contributed by atoms with Gasteiger partial charge in [-0.15, -0.1) is 0 Å². The Morgan fingerprint density at radius 3 is 2.81 bits per heavy atom. The summed E-state index contributed by atoms with van der Waals surface area (Å²) in [6, 6.07) is 0.362. The zero-order chi connectivity index (χ0) is 11.8. The van der Waals surface area contributed by atoms with E-state index in [0.717, 1.165) is 19.3 Å². The zero-order valence-electron chi connectivity index (χ0n) is 10.1. The summed E-state index contributed by atoms with van der Waals surface area (Å²) in [6.07, 6.45) is 8.81. The molecule has 4 heteroatoms. The fraction of sp³-hybridized carbons (Fsp3) is 0.667. The number of anilines is 1. The predicted octanol–water partition coefficient (Wildman–Crippen LogP) is 2.54.